The Morgan fingerprint density at radius 3 is 2.65 bits per heavy atom. The highest BCUT2D eigenvalue weighted by molar-refractivity contribution is 7.13. The fourth-order valence-corrected chi connectivity index (χ4v) is 2.10. The molecule has 5 heteroatoms. The molecule has 0 amide bonds. The fourth-order valence-electron chi connectivity index (χ4n) is 1.54. The van der Waals surface area contributed by atoms with Gasteiger partial charge in [0.05, 0.1) is 0 Å². The largest absolute Gasteiger partial charge is 0.375 e. The highest BCUT2D eigenvalue weighted by Gasteiger charge is 2.10. The Morgan fingerprint density at radius 2 is 1.94 bits per heavy atom. The van der Waals surface area contributed by atoms with Gasteiger partial charge in [0.25, 0.3) is 0 Å². The van der Waals surface area contributed by atoms with Crippen LogP contribution < -0.4 is 5.73 Å². The monoisotopic (exact) mass is 243 g/mol. The SMILES string of the molecule is Nc1nc(-c2cc(-c3ccccc3)on2)cs1. The number of aromatic nitrogens is 2. The lowest BCUT2D eigenvalue weighted by Crippen LogP contribution is -1.82. The smallest absolute Gasteiger partial charge is 0.180 e. The van der Waals surface area contributed by atoms with Crippen molar-refractivity contribution in [3.8, 4) is 22.7 Å². The number of nitrogens with two attached hydrogens (primary N) is 1. The van der Waals surface area contributed by atoms with Gasteiger partial charge >= 0.3 is 0 Å². The molecular weight excluding hydrogens is 234 g/mol. The predicted molar refractivity (Wildman–Crippen MR) is 67.5 cm³/mol. The van der Waals surface area contributed by atoms with Gasteiger partial charge in [-0.25, -0.2) is 4.98 Å². The van der Waals surface area contributed by atoms with Gasteiger partial charge in [-0.05, 0) is 0 Å². The van der Waals surface area contributed by atoms with Crippen LogP contribution in [0.25, 0.3) is 22.7 Å². The first-order chi connectivity index (χ1) is 8.33. The van der Waals surface area contributed by atoms with Crippen LogP contribution in [0, 0.1) is 0 Å². The van der Waals surface area contributed by atoms with Crippen molar-refractivity contribution >= 4 is 16.5 Å². The summed E-state index contributed by atoms with van der Waals surface area (Å²) in [4.78, 5) is 4.16. The van der Waals surface area contributed by atoms with Crippen molar-refractivity contribution in [1.82, 2.24) is 10.1 Å². The van der Waals surface area contributed by atoms with Crippen molar-refractivity contribution in [1.29, 1.82) is 0 Å². The van der Waals surface area contributed by atoms with Crippen molar-refractivity contribution in [2.45, 2.75) is 0 Å². The summed E-state index contributed by atoms with van der Waals surface area (Å²) < 4.78 is 5.29. The Hall–Kier alpha value is -2.14. The number of nitrogens with zero attached hydrogens (tertiary/aromatic N) is 2. The second-order valence-electron chi connectivity index (χ2n) is 3.51. The highest BCUT2D eigenvalue weighted by Crippen LogP contribution is 2.27. The van der Waals surface area contributed by atoms with Gasteiger partial charge in [0.15, 0.2) is 10.9 Å². The molecule has 3 aromatic rings. The second kappa shape index (κ2) is 4.03. The summed E-state index contributed by atoms with van der Waals surface area (Å²) >= 11 is 1.39. The number of rotatable bonds is 2. The van der Waals surface area contributed by atoms with Gasteiger partial charge in [-0.3, -0.25) is 0 Å². The lowest BCUT2D eigenvalue weighted by atomic mass is 10.1. The summed E-state index contributed by atoms with van der Waals surface area (Å²) in [5.74, 6) is 0.729. The van der Waals surface area contributed by atoms with Crippen molar-refractivity contribution < 1.29 is 4.52 Å². The van der Waals surface area contributed by atoms with Crippen molar-refractivity contribution in [3.63, 3.8) is 0 Å². The molecule has 84 valence electrons. The molecule has 0 aliphatic heterocycles. The van der Waals surface area contributed by atoms with Gasteiger partial charge < -0.3 is 10.3 Å². The number of hydrogen-bond donors (Lipinski definition) is 1. The van der Waals surface area contributed by atoms with Gasteiger partial charge in [0.2, 0.25) is 0 Å². The van der Waals surface area contributed by atoms with Crippen LogP contribution in [0.3, 0.4) is 0 Å². The van der Waals surface area contributed by atoms with Crippen LogP contribution in [0.1, 0.15) is 0 Å². The van der Waals surface area contributed by atoms with Crippen LogP contribution in [0.15, 0.2) is 46.3 Å². The summed E-state index contributed by atoms with van der Waals surface area (Å²) in [5, 5.41) is 6.38. The van der Waals surface area contributed by atoms with Gasteiger partial charge in [0.1, 0.15) is 11.4 Å². The average molecular weight is 243 g/mol. The number of benzene rings is 1. The molecule has 2 N–H and O–H groups in total. The van der Waals surface area contributed by atoms with Crippen LogP contribution >= 0.6 is 11.3 Å². The van der Waals surface area contributed by atoms with Gasteiger partial charge in [-0.2, -0.15) is 0 Å². The zero-order chi connectivity index (χ0) is 11.7. The first-order valence-corrected chi connectivity index (χ1v) is 5.94. The maximum Gasteiger partial charge on any atom is 0.180 e. The molecule has 2 aromatic heterocycles. The topological polar surface area (TPSA) is 64.9 Å². The van der Waals surface area contributed by atoms with E-state index in [0.717, 1.165) is 17.0 Å². The van der Waals surface area contributed by atoms with E-state index in [9.17, 15) is 0 Å². The summed E-state index contributed by atoms with van der Waals surface area (Å²) in [6.45, 7) is 0. The fraction of sp³-hybridized carbons (Fsp3) is 0. The number of nitrogen functional groups attached to an aromatic ring is 1. The Labute approximate surface area is 102 Å². The van der Waals surface area contributed by atoms with E-state index in [1.165, 1.54) is 11.3 Å². The molecule has 0 spiro atoms. The molecule has 0 fully saturated rings. The quantitative estimate of drug-likeness (QED) is 0.751. The Kier molecular flexibility index (Phi) is 2.38. The molecule has 0 aliphatic rings. The summed E-state index contributed by atoms with van der Waals surface area (Å²) in [5.41, 5.74) is 8.03. The van der Waals surface area contributed by atoms with Gasteiger partial charge in [-0.15, -0.1) is 11.3 Å². The first-order valence-electron chi connectivity index (χ1n) is 5.06. The molecular formula is C12H9N3OS. The van der Waals surface area contributed by atoms with Crippen LogP contribution in [-0.4, -0.2) is 10.1 Å². The van der Waals surface area contributed by atoms with E-state index in [1.54, 1.807) is 0 Å². The van der Waals surface area contributed by atoms with Crippen LogP contribution in [0.5, 0.6) is 0 Å². The molecule has 0 aliphatic carbocycles. The zero-order valence-corrected chi connectivity index (χ0v) is 9.65. The van der Waals surface area contributed by atoms with Crippen molar-refractivity contribution in [2.75, 3.05) is 5.73 Å². The highest BCUT2D eigenvalue weighted by atomic mass is 32.1. The maximum absolute atomic E-state index is 5.58. The Balaban J connectivity index is 1.99. The standard InChI is InChI=1S/C12H9N3OS/c13-12-14-10(7-17-12)9-6-11(16-15-9)8-4-2-1-3-5-8/h1-7H,(H2,13,14). The van der Waals surface area contributed by atoms with E-state index in [0.29, 0.717) is 10.8 Å². The van der Waals surface area contributed by atoms with Crippen LogP contribution in [-0.2, 0) is 0 Å². The van der Waals surface area contributed by atoms with Gasteiger partial charge in [0, 0.05) is 17.0 Å². The average Bonchev–Trinajstić information content (AvgIpc) is 2.98. The van der Waals surface area contributed by atoms with E-state index in [-0.39, 0.29) is 0 Å². The lowest BCUT2D eigenvalue weighted by Gasteiger charge is -1.91. The third kappa shape index (κ3) is 1.92. The molecule has 0 radical (unpaired) electrons. The Bertz CT molecular complexity index is 630. The molecule has 2 heterocycles. The third-order valence-corrected chi connectivity index (χ3v) is 3.03. The van der Waals surface area contributed by atoms with E-state index in [1.807, 2.05) is 41.8 Å². The summed E-state index contributed by atoms with van der Waals surface area (Å²) in [6.07, 6.45) is 0. The van der Waals surface area contributed by atoms with Gasteiger partial charge in [-0.1, -0.05) is 35.5 Å². The second-order valence-corrected chi connectivity index (χ2v) is 4.40. The minimum Gasteiger partial charge on any atom is -0.375 e. The molecule has 17 heavy (non-hydrogen) atoms. The molecule has 3 rings (SSSR count). The first kappa shape index (κ1) is 10.0. The minimum absolute atomic E-state index is 0.532. The minimum atomic E-state index is 0.532. The molecule has 0 atom stereocenters. The van der Waals surface area contributed by atoms with E-state index in [2.05, 4.69) is 10.1 Å². The maximum atomic E-state index is 5.58. The third-order valence-electron chi connectivity index (χ3n) is 2.35. The molecule has 0 saturated carbocycles. The molecule has 0 unspecified atom stereocenters. The lowest BCUT2D eigenvalue weighted by molar-refractivity contribution is 0.434. The van der Waals surface area contributed by atoms with Crippen LogP contribution in [0.4, 0.5) is 5.13 Å². The van der Waals surface area contributed by atoms with E-state index >= 15 is 0 Å². The number of hydrogen-bond acceptors (Lipinski definition) is 5. The van der Waals surface area contributed by atoms with E-state index < -0.39 is 0 Å². The van der Waals surface area contributed by atoms with Crippen molar-refractivity contribution in [2.24, 2.45) is 0 Å². The summed E-state index contributed by atoms with van der Waals surface area (Å²) in [6, 6.07) is 11.7. The number of thiazole rings is 1. The molecule has 1 aromatic carbocycles. The molecule has 0 bridgehead atoms. The molecule has 0 saturated heterocycles. The summed E-state index contributed by atoms with van der Waals surface area (Å²) in [7, 11) is 0. The number of anilines is 1. The zero-order valence-electron chi connectivity index (χ0n) is 8.83. The normalized spacial score (nSPS) is 10.6. The Morgan fingerprint density at radius 1 is 1.12 bits per heavy atom. The predicted octanol–water partition coefficient (Wildman–Crippen LogP) is 3.05. The van der Waals surface area contributed by atoms with Crippen LogP contribution in [0.2, 0.25) is 0 Å². The van der Waals surface area contributed by atoms with E-state index in [4.69, 9.17) is 10.3 Å². The van der Waals surface area contributed by atoms with Crippen molar-refractivity contribution in [3.05, 3.63) is 41.8 Å². The molecule has 4 nitrogen and oxygen atoms in total.